The Labute approximate surface area is 132 Å². The minimum absolute atomic E-state index is 0.208. The molecule has 4 nitrogen and oxygen atoms in total. The van der Waals surface area contributed by atoms with Crippen LogP contribution >= 0.6 is 15.9 Å². The fourth-order valence-corrected chi connectivity index (χ4v) is 2.54. The van der Waals surface area contributed by atoms with Crippen LogP contribution in [0, 0.1) is 0 Å². The molecule has 2 heterocycles. The van der Waals surface area contributed by atoms with E-state index in [1.54, 1.807) is 10.9 Å². The average molecular weight is 343 g/mol. The Balaban J connectivity index is 1.73. The molecule has 3 rings (SSSR count). The maximum absolute atomic E-state index is 4.41. The summed E-state index contributed by atoms with van der Waals surface area (Å²) in [6.45, 7) is 2.13. The molecule has 0 radical (unpaired) electrons. The first-order valence-electron chi connectivity index (χ1n) is 6.70. The quantitative estimate of drug-likeness (QED) is 0.772. The smallest absolute Gasteiger partial charge is 0.153 e. The summed E-state index contributed by atoms with van der Waals surface area (Å²) in [5.74, 6) is 0.806. The van der Waals surface area contributed by atoms with Gasteiger partial charge in [0.25, 0.3) is 0 Å². The summed E-state index contributed by atoms with van der Waals surface area (Å²) in [5.41, 5.74) is 2.21. The van der Waals surface area contributed by atoms with Gasteiger partial charge in [-0.2, -0.15) is 5.10 Å². The van der Waals surface area contributed by atoms with Crippen LogP contribution in [0.3, 0.4) is 0 Å². The minimum atomic E-state index is 0.208. The summed E-state index contributed by atoms with van der Waals surface area (Å²) in [7, 11) is 0. The summed E-state index contributed by atoms with van der Waals surface area (Å²) >= 11 is 3.50. The van der Waals surface area contributed by atoms with Gasteiger partial charge in [-0.1, -0.05) is 28.1 Å². The van der Waals surface area contributed by atoms with Crippen LogP contribution in [0.15, 0.2) is 65.5 Å². The number of aromatic nitrogens is 3. The summed E-state index contributed by atoms with van der Waals surface area (Å²) in [5, 5.41) is 7.61. The molecular weight excluding hydrogens is 328 g/mol. The molecule has 1 unspecified atom stereocenters. The molecule has 5 heteroatoms. The second-order valence-corrected chi connectivity index (χ2v) is 5.69. The first-order chi connectivity index (χ1) is 10.2. The predicted molar refractivity (Wildman–Crippen MR) is 87.5 cm³/mol. The maximum atomic E-state index is 4.41. The van der Waals surface area contributed by atoms with Crippen LogP contribution in [0.4, 0.5) is 5.69 Å². The molecule has 0 aliphatic heterocycles. The molecule has 21 heavy (non-hydrogen) atoms. The van der Waals surface area contributed by atoms with E-state index in [1.807, 2.05) is 42.7 Å². The topological polar surface area (TPSA) is 42.7 Å². The lowest BCUT2D eigenvalue weighted by molar-refractivity contribution is 0.842. The van der Waals surface area contributed by atoms with E-state index in [9.17, 15) is 0 Å². The van der Waals surface area contributed by atoms with Gasteiger partial charge in [-0.05, 0) is 42.8 Å². The van der Waals surface area contributed by atoms with Crippen molar-refractivity contribution in [2.45, 2.75) is 13.0 Å². The van der Waals surface area contributed by atoms with E-state index >= 15 is 0 Å². The van der Waals surface area contributed by atoms with E-state index in [1.165, 1.54) is 5.56 Å². The Bertz CT molecular complexity index is 707. The molecular formula is C16H15BrN4. The van der Waals surface area contributed by atoms with Crippen molar-refractivity contribution >= 4 is 21.6 Å². The van der Waals surface area contributed by atoms with E-state index in [4.69, 9.17) is 0 Å². The minimum Gasteiger partial charge on any atom is -0.377 e. The van der Waals surface area contributed by atoms with Crippen LogP contribution in [-0.4, -0.2) is 14.8 Å². The maximum Gasteiger partial charge on any atom is 0.153 e. The van der Waals surface area contributed by atoms with Crippen molar-refractivity contribution in [2.24, 2.45) is 0 Å². The van der Waals surface area contributed by atoms with Gasteiger partial charge in [-0.25, -0.2) is 9.67 Å². The van der Waals surface area contributed by atoms with Gasteiger partial charge in [0.1, 0.15) is 0 Å². The number of rotatable bonds is 4. The van der Waals surface area contributed by atoms with E-state index in [0.717, 1.165) is 16.0 Å². The number of hydrogen-bond acceptors (Lipinski definition) is 3. The molecule has 0 spiro atoms. The molecule has 0 aliphatic carbocycles. The zero-order chi connectivity index (χ0) is 14.7. The van der Waals surface area contributed by atoms with Crippen LogP contribution in [-0.2, 0) is 0 Å². The van der Waals surface area contributed by atoms with Gasteiger partial charge in [0.15, 0.2) is 5.82 Å². The number of halogens is 1. The number of pyridine rings is 1. The largest absolute Gasteiger partial charge is 0.377 e. The monoisotopic (exact) mass is 342 g/mol. The van der Waals surface area contributed by atoms with E-state index < -0.39 is 0 Å². The van der Waals surface area contributed by atoms with Gasteiger partial charge in [-0.15, -0.1) is 0 Å². The van der Waals surface area contributed by atoms with Crippen LogP contribution in [0.5, 0.6) is 0 Å². The number of nitrogens with zero attached hydrogens (tertiary/aromatic N) is 3. The lowest BCUT2D eigenvalue weighted by Crippen LogP contribution is -2.07. The third-order valence-corrected chi connectivity index (χ3v) is 3.71. The highest BCUT2D eigenvalue weighted by Crippen LogP contribution is 2.22. The van der Waals surface area contributed by atoms with Crippen LogP contribution in [0.2, 0.25) is 0 Å². The fraction of sp³-hybridized carbons (Fsp3) is 0.125. The summed E-state index contributed by atoms with van der Waals surface area (Å²) < 4.78 is 2.82. The first kappa shape index (κ1) is 13.8. The molecule has 2 aromatic heterocycles. The highest BCUT2D eigenvalue weighted by molar-refractivity contribution is 9.10. The molecule has 1 atom stereocenters. The van der Waals surface area contributed by atoms with Crippen LogP contribution < -0.4 is 5.32 Å². The van der Waals surface area contributed by atoms with Crippen molar-refractivity contribution in [3.8, 4) is 5.82 Å². The summed E-state index contributed by atoms with van der Waals surface area (Å²) in [4.78, 5) is 4.41. The van der Waals surface area contributed by atoms with Crippen molar-refractivity contribution in [2.75, 3.05) is 5.32 Å². The Morgan fingerprint density at radius 1 is 1.19 bits per heavy atom. The second kappa shape index (κ2) is 6.10. The Kier molecular flexibility index (Phi) is 4.01. The molecule has 0 saturated heterocycles. The third kappa shape index (κ3) is 3.31. The van der Waals surface area contributed by atoms with E-state index in [0.29, 0.717) is 0 Å². The van der Waals surface area contributed by atoms with Gasteiger partial charge in [0, 0.05) is 22.9 Å². The molecule has 3 aromatic rings. The molecule has 0 saturated carbocycles. The SMILES string of the molecule is CC(Nc1ccc(-n2cccn2)nc1)c1cccc(Br)c1. The third-order valence-electron chi connectivity index (χ3n) is 3.22. The second-order valence-electron chi connectivity index (χ2n) is 4.78. The first-order valence-corrected chi connectivity index (χ1v) is 7.50. The number of benzene rings is 1. The van der Waals surface area contributed by atoms with Gasteiger partial charge < -0.3 is 5.32 Å². The average Bonchev–Trinajstić information content (AvgIpc) is 3.02. The number of hydrogen-bond donors (Lipinski definition) is 1. The number of nitrogens with one attached hydrogen (secondary N) is 1. The van der Waals surface area contributed by atoms with Crippen LogP contribution in [0.25, 0.3) is 5.82 Å². The number of anilines is 1. The molecule has 0 aliphatic rings. The Morgan fingerprint density at radius 2 is 2.10 bits per heavy atom. The lowest BCUT2D eigenvalue weighted by atomic mass is 10.1. The molecule has 0 amide bonds. The highest BCUT2D eigenvalue weighted by atomic mass is 79.9. The van der Waals surface area contributed by atoms with E-state index in [2.05, 4.69) is 50.4 Å². The van der Waals surface area contributed by atoms with Crippen molar-refractivity contribution in [1.29, 1.82) is 0 Å². The standard InChI is InChI=1S/C16H15BrN4/c1-12(13-4-2-5-14(17)10-13)20-15-6-7-16(18-11-15)21-9-3-8-19-21/h2-12,20H,1H3. The molecule has 1 N–H and O–H groups in total. The van der Waals surface area contributed by atoms with Crippen molar-refractivity contribution < 1.29 is 0 Å². The van der Waals surface area contributed by atoms with Gasteiger partial charge in [-0.3, -0.25) is 0 Å². The Hall–Kier alpha value is -2.14. The van der Waals surface area contributed by atoms with E-state index in [-0.39, 0.29) is 6.04 Å². The van der Waals surface area contributed by atoms with Gasteiger partial charge in [0.05, 0.1) is 11.9 Å². The van der Waals surface area contributed by atoms with Gasteiger partial charge in [0.2, 0.25) is 0 Å². The highest BCUT2D eigenvalue weighted by Gasteiger charge is 2.06. The molecule has 1 aromatic carbocycles. The molecule has 0 fully saturated rings. The van der Waals surface area contributed by atoms with Gasteiger partial charge >= 0.3 is 0 Å². The predicted octanol–water partition coefficient (Wildman–Crippen LogP) is 4.20. The molecule has 0 bridgehead atoms. The van der Waals surface area contributed by atoms with Crippen molar-refractivity contribution in [1.82, 2.24) is 14.8 Å². The van der Waals surface area contributed by atoms with Crippen LogP contribution in [0.1, 0.15) is 18.5 Å². The Morgan fingerprint density at radius 3 is 2.76 bits per heavy atom. The normalized spacial score (nSPS) is 12.1. The summed E-state index contributed by atoms with van der Waals surface area (Å²) in [6, 6.07) is 14.3. The zero-order valence-electron chi connectivity index (χ0n) is 11.6. The molecule has 106 valence electrons. The lowest BCUT2D eigenvalue weighted by Gasteiger charge is -2.16. The van der Waals surface area contributed by atoms with Crippen molar-refractivity contribution in [3.05, 3.63) is 71.1 Å². The van der Waals surface area contributed by atoms with Crippen molar-refractivity contribution in [3.63, 3.8) is 0 Å². The fourth-order valence-electron chi connectivity index (χ4n) is 2.12. The zero-order valence-corrected chi connectivity index (χ0v) is 13.2. The summed E-state index contributed by atoms with van der Waals surface area (Å²) in [6.07, 6.45) is 5.44.